The van der Waals surface area contributed by atoms with Crippen molar-refractivity contribution in [1.82, 2.24) is 9.97 Å². The highest BCUT2D eigenvalue weighted by Gasteiger charge is 2.42. The quantitative estimate of drug-likeness (QED) is 0.377. The molecule has 220 valence electrons. The fourth-order valence-electron chi connectivity index (χ4n) is 5.18. The molecule has 1 aromatic carbocycles. The molecule has 10 heteroatoms. The van der Waals surface area contributed by atoms with Gasteiger partial charge in [-0.05, 0) is 63.6 Å². The molecule has 2 atom stereocenters. The average Bonchev–Trinajstić information content (AvgIpc) is 2.92. The number of carbonyl (C=O) groups excluding carboxylic acids is 1. The van der Waals surface area contributed by atoms with Gasteiger partial charge >= 0.3 is 6.09 Å². The second kappa shape index (κ2) is 14.6. The Labute approximate surface area is 243 Å². The minimum absolute atomic E-state index is 0.0378. The number of rotatable bonds is 10. The van der Waals surface area contributed by atoms with Gasteiger partial charge in [-0.25, -0.2) is 9.78 Å². The van der Waals surface area contributed by atoms with Gasteiger partial charge in [0.15, 0.2) is 5.82 Å². The summed E-state index contributed by atoms with van der Waals surface area (Å²) in [6.07, 6.45) is 5.11. The minimum atomic E-state index is -1.18. The van der Waals surface area contributed by atoms with Crippen LogP contribution in [0, 0.1) is 40.9 Å². The van der Waals surface area contributed by atoms with Gasteiger partial charge in [0.2, 0.25) is 0 Å². The molecular weight excluding hydrogens is 520 g/mol. The summed E-state index contributed by atoms with van der Waals surface area (Å²) in [6.45, 7) is 12.2. The summed E-state index contributed by atoms with van der Waals surface area (Å²) in [5.74, 6) is 0.335. The number of hydrogen-bond acceptors (Lipinski definition) is 8. The van der Waals surface area contributed by atoms with Crippen LogP contribution in [0.25, 0.3) is 0 Å². The van der Waals surface area contributed by atoms with E-state index in [9.17, 15) is 25.1 Å². The number of hydrogen-bond donors (Lipinski definition) is 2. The minimum Gasteiger partial charge on any atom is -0.465 e. The lowest BCUT2D eigenvalue weighted by Crippen LogP contribution is -2.47. The van der Waals surface area contributed by atoms with Gasteiger partial charge in [0.1, 0.15) is 11.4 Å². The smallest absolute Gasteiger partial charge is 0.413 e. The zero-order chi connectivity index (χ0) is 30.8. The standard InChI is InChI=1S/C29H39N5O4.C2H3N/c1-6-7-12-33(23-13-21(15-30)9-8-20(23)2)19-29(5)14-22(10-11-25(29)35)18-34(27(36)37)26-17-31-24(16-32-26)28(3,4)38;1-2-3/h8-9,13,16-17,22,38H,6-7,10-12,14,18-19H2,1-5H3,(H,36,37);1H3/t22?,29-;/m0./s1. The Balaban J connectivity index is 0.00000187. The Morgan fingerprint density at radius 3 is 2.46 bits per heavy atom. The van der Waals surface area contributed by atoms with Crippen LogP contribution in [0.3, 0.4) is 0 Å². The summed E-state index contributed by atoms with van der Waals surface area (Å²) < 4.78 is 0. The van der Waals surface area contributed by atoms with Gasteiger partial charge in [-0.3, -0.25) is 14.7 Å². The molecule has 1 saturated carbocycles. The Kier molecular flexibility index (Phi) is 11.8. The van der Waals surface area contributed by atoms with Crippen molar-refractivity contribution in [1.29, 1.82) is 10.5 Å². The number of aliphatic hydroxyl groups is 1. The average molecular weight is 563 g/mol. The van der Waals surface area contributed by atoms with Crippen molar-refractivity contribution in [3.63, 3.8) is 0 Å². The van der Waals surface area contributed by atoms with Gasteiger partial charge in [-0.1, -0.05) is 26.3 Å². The van der Waals surface area contributed by atoms with E-state index in [1.807, 2.05) is 26.0 Å². The first kappa shape index (κ1) is 33.2. The number of benzene rings is 1. The molecule has 1 unspecified atom stereocenters. The highest BCUT2D eigenvalue weighted by Crippen LogP contribution is 2.39. The summed E-state index contributed by atoms with van der Waals surface area (Å²) in [5.41, 5.74) is 1.10. The van der Waals surface area contributed by atoms with Crippen molar-refractivity contribution in [3.8, 4) is 12.1 Å². The third kappa shape index (κ3) is 8.99. The maximum absolute atomic E-state index is 13.3. The van der Waals surface area contributed by atoms with Gasteiger partial charge < -0.3 is 15.1 Å². The van der Waals surface area contributed by atoms with Crippen molar-refractivity contribution in [2.45, 2.75) is 79.2 Å². The van der Waals surface area contributed by atoms with E-state index in [0.717, 1.165) is 30.6 Å². The van der Waals surface area contributed by atoms with Crippen molar-refractivity contribution in [2.24, 2.45) is 11.3 Å². The van der Waals surface area contributed by atoms with E-state index in [1.165, 1.54) is 24.2 Å². The van der Waals surface area contributed by atoms with Crippen molar-refractivity contribution in [2.75, 3.05) is 29.4 Å². The number of carbonyl (C=O) groups is 2. The van der Waals surface area contributed by atoms with Crippen LogP contribution in [0.15, 0.2) is 30.6 Å². The van der Waals surface area contributed by atoms with Crippen LogP contribution in [0.2, 0.25) is 0 Å². The zero-order valence-electron chi connectivity index (χ0n) is 25.0. The third-order valence-electron chi connectivity index (χ3n) is 7.41. The molecule has 1 fully saturated rings. The van der Waals surface area contributed by atoms with E-state index in [-0.39, 0.29) is 24.1 Å². The number of anilines is 2. The van der Waals surface area contributed by atoms with Gasteiger partial charge in [0, 0.05) is 44.1 Å². The molecule has 1 aliphatic carbocycles. The number of nitriles is 2. The number of aryl methyl sites for hydroxylation is 1. The lowest BCUT2D eigenvalue weighted by molar-refractivity contribution is -0.131. The molecule has 3 rings (SSSR count). The zero-order valence-corrected chi connectivity index (χ0v) is 25.0. The van der Waals surface area contributed by atoms with Crippen molar-refractivity contribution < 1.29 is 19.8 Å². The number of ketones is 1. The number of carboxylic acid groups (broad SMARTS) is 1. The molecule has 0 saturated heterocycles. The first-order valence-electron chi connectivity index (χ1n) is 13.9. The first-order valence-corrected chi connectivity index (χ1v) is 13.9. The maximum atomic E-state index is 13.3. The Morgan fingerprint density at radius 1 is 1.24 bits per heavy atom. The van der Waals surface area contributed by atoms with E-state index < -0.39 is 17.1 Å². The van der Waals surface area contributed by atoms with Crippen LogP contribution in [0.5, 0.6) is 0 Å². The molecule has 1 heterocycles. The molecule has 1 aliphatic rings. The van der Waals surface area contributed by atoms with E-state index in [2.05, 4.69) is 27.9 Å². The lowest BCUT2D eigenvalue weighted by atomic mass is 9.69. The molecule has 41 heavy (non-hydrogen) atoms. The lowest BCUT2D eigenvalue weighted by Gasteiger charge is -2.42. The normalized spacial score (nSPS) is 18.4. The van der Waals surface area contributed by atoms with Gasteiger partial charge in [-0.2, -0.15) is 10.5 Å². The predicted molar refractivity (Wildman–Crippen MR) is 157 cm³/mol. The van der Waals surface area contributed by atoms with E-state index in [0.29, 0.717) is 37.1 Å². The van der Waals surface area contributed by atoms with E-state index in [4.69, 9.17) is 5.26 Å². The van der Waals surface area contributed by atoms with Gasteiger partial charge in [0.25, 0.3) is 0 Å². The number of Topliss-reactive ketones (excluding diaryl/α,β-unsaturated/α-hetero) is 1. The summed E-state index contributed by atoms with van der Waals surface area (Å²) in [7, 11) is 0. The molecule has 0 spiro atoms. The largest absolute Gasteiger partial charge is 0.465 e. The summed E-state index contributed by atoms with van der Waals surface area (Å²) >= 11 is 0. The summed E-state index contributed by atoms with van der Waals surface area (Å²) in [4.78, 5) is 37.3. The molecule has 1 amide bonds. The van der Waals surface area contributed by atoms with E-state index in [1.54, 1.807) is 26.0 Å². The predicted octanol–water partition coefficient (Wildman–Crippen LogP) is 5.58. The Morgan fingerprint density at radius 2 is 1.93 bits per heavy atom. The highest BCUT2D eigenvalue weighted by molar-refractivity contribution is 5.87. The monoisotopic (exact) mass is 562 g/mol. The Bertz CT molecular complexity index is 1280. The van der Waals surface area contributed by atoms with Crippen LogP contribution < -0.4 is 9.80 Å². The molecule has 1 aromatic heterocycles. The second-order valence-electron chi connectivity index (χ2n) is 11.4. The van der Waals surface area contributed by atoms with E-state index >= 15 is 0 Å². The Hall–Kier alpha value is -4.02. The van der Waals surface area contributed by atoms with Crippen LogP contribution in [0.4, 0.5) is 16.3 Å². The van der Waals surface area contributed by atoms with Crippen LogP contribution >= 0.6 is 0 Å². The fraction of sp³-hybridized carbons (Fsp3) is 0.548. The number of unbranched alkanes of at least 4 members (excludes halogenated alkanes) is 1. The van der Waals surface area contributed by atoms with Crippen molar-refractivity contribution >= 4 is 23.4 Å². The van der Waals surface area contributed by atoms with Crippen LogP contribution in [-0.2, 0) is 10.4 Å². The molecule has 2 aromatic rings. The number of nitrogens with zero attached hydrogens (tertiary/aromatic N) is 6. The maximum Gasteiger partial charge on any atom is 0.413 e. The van der Waals surface area contributed by atoms with Crippen LogP contribution in [-0.4, -0.2) is 51.7 Å². The third-order valence-corrected chi connectivity index (χ3v) is 7.41. The topological polar surface area (TPSA) is 154 Å². The van der Waals surface area contributed by atoms with Gasteiger partial charge in [-0.15, -0.1) is 0 Å². The SMILES string of the molecule is CC#N.CCCCN(C[C@]1(C)CC(CN(C(=O)O)c2cnc(C(C)(C)O)cn2)CCC1=O)c1cc(C#N)ccc1C. The van der Waals surface area contributed by atoms with Crippen molar-refractivity contribution in [3.05, 3.63) is 47.4 Å². The molecular formula is C31H42N6O4. The molecule has 0 radical (unpaired) electrons. The summed E-state index contributed by atoms with van der Waals surface area (Å²) in [5, 5.41) is 36.8. The molecule has 10 nitrogen and oxygen atoms in total. The molecule has 0 bridgehead atoms. The second-order valence-corrected chi connectivity index (χ2v) is 11.4. The summed E-state index contributed by atoms with van der Waals surface area (Å²) in [6, 6.07) is 9.60. The number of amides is 1. The van der Waals surface area contributed by atoms with Gasteiger partial charge in [0.05, 0.1) is 35.8 Å². The molecule has 0 aliphatic heterocycles. The first-order chi connectivity index (χ1) is 19.3. The molecule has 2 N–H and O–H groups in total. The highest BCUT2D eigenvalue weighted by atomic mass is 16.4. The number of aromatic nitrogens is 2. The fourth-order valence-corrected chi connectivity index (χ4v) is 5.18. The van der Waals surface area contributed by atoms with Crippen LogP contribution in [0.1, 0.15) is 83.5 Å².